The number of rotatable bonds is 2. The van der Waals surface area contributed by atoms with Crippen molar-refractivity contribution in [2.75, 3.05) is 0 Å². The van der Waals surface area contributed by atoms with Gasteiger partial charge in [-0.25, -0.2) is 9.78 Å². The number of carboxylic acids is 1. The fourth-order valence-electron chi connectivity index (χ4n) is 0.920. The largest absolute Gasteiger partial charge is 0.477 e. The number of aliphatic carboxylic acids is 1. The summed E-state index contributed by atoms with van der Waals surface area (Å²) in [6, 6.07) is 0. The molecule has 0 bridgehead atoms. The summed E-state index contributed by atoms with van der Waals surface area (Å²) in [4.78, 5) is 13.5. The van der Waals surface area contributed by atoms with Crippen LogP contribution in [-0.2, 0) is 10.7 Å². The molecular formula is C7H7F2NO2S. The molecule has 0 spiro atoms. The predicted molar refractivity (Wildman–Crippen MR) is 43.1 cm³/mol. The summed E-state index contributed by atoms with van der Waals surface area (Å²) >= 11 is 0.708. The van der Waals surface area contributed by atoms with Gasteiger partial charge in [0.15, 0.2) is 0 Å². The van der Waals surface area contributed by atoms with Gasteiger partial charge in [0.05, 0.1) is 10.7 Å². The van der Waals surface area contributed by atoms with Crippen molar-refractivity contribution in [3.63, 3.8) is 0 Å². The zero-order valence-corrected chi connectivity index (χ0v) is 7.78. The van der Waals surface area contributed by atoms with Crippen LogP contribution in [0.25, 0.3) is 0 Å². The van der Waals surface area contributed by atoms with Crippen molar-refractivity contribution in [2.45, 2.75) is 19.8 Å². The molecule has 0 unspecified atom stereocenters. The maximum Gasteiger partial charge on any atom is 0.380 e. The number of aryl methyl sites for hydroxylation is 2. The molecule has 1 aromatic rings. The Bertz CT molecular complexity index is 348. The van der Waals surface area contributed by atoms with Crippen LogP contribution < -0.4 is 0 Å². The first-order valence-electron chi connectivity index (χ1n) is 3.41. The summed E-state index contributed by atoms with van der Waals surface area (Å²) in [6.45, 7) is 2.93. The second-order valence-electron chi connectivity index (χ2n) is 2.53. The Morgan fingerprint density at radius 2 is 2.08 bits per heavy atom. The first-order chi connectivity index (χ1) is 5.85. The van der Waals surface area contributed by atoms with Gasteiger partial charge in [0.25, 0.3) is 0 Å². The quantitative estimate of drug-likeness (QED) is 0.806. The van der Waals surface area contributed by atoms with Crippen LogP contribution in [-0.4, -0.2) is 16.1 Å². The van der Waals surface area contributed by atoms with E-state index in [0.717, 1.165) is 0 Å². The molecule has 1 N–H and O–H groups in total. The number of nitrogens with zero attached hydrogens (tertiary/aromatic N) is 1. The second kappa shape index (κ2) is 3.02. The van der Waals surface area contributed by atoms with E-state index in [1.165, 1.54) is 6.92 Å². The number of aromatic nitrogens is 1. The van der Waals surface area contributed by atoms with Crippen molar-refractivity contribution in [2.24, 2.45) is 0 Å². The topological polar surface area (TPSA) is 50.2 Å². The second-order valence-corrected chi connectivity index (χ2v) is 3.73. The van der Waals surface area contributed by atoms with Crippen LogP contribution in [0.15, 0.2) is 0 Å². The number of hydrogen-bond acceptors (Lipinski definition) is 3. The summed E-state index contributed by atoms with van der Waals surface area (Å²) in [5.41, 5.74) is 0.0786. The highest BCUT2D eigenvalue weighted by atomic mass is 32.1. The van der Waals surface area contributed by atoms with Crippen LogP contribution in [0.1, 0.15) is 15.6 Å². The lowest BCUT2D eigenvalue weighted by atomic mass is 10.2. The molecule has 0 amide bonds. The van der Waals surface area contributed by atoms with Gasteiger partial charge < -0.3 is 5.11 Å². The van der Waals surface area contributed by atoms with Gasteiger partial charge in [-0.1, -0.05) is 0 Å². The molecule has 0 fully saturated rings. The number of thiazole rings is 1. The van der Waals surface area contributed by atoms with E-state index in [2.05, 4.69) is 4.98 Å². The van der Waals surface area contributed by atoms with Gasteiger partial charge in [0.2, 0.25) is 0 Å². The van der Waals surface area contributed by atoms with Crippen molar-refractivity contribution in [3.05, 3.63) is 15.6 Å². The van der Waals surface area contributed by atoms with E-state index >= 15 is 0 Å². The Hall–Kier alpha value is -1.04. The Morgan fingerprint density at radius 1 is 1.54 bits per heavy atom. The molecule has 0 saturated carbocycles. The molecule has 0 aliphatic carbocycles. The molecule has 0 aromatic carbocycles. The van der Waals surface area contributed by atoms with Crippen molar-refractivity contribution in [1.82, 2.24) is 4.98 Å². The highest BCUT2D eigenvalue weighted by Crippen LogP contribution is 2.34. The van der Waals surface area contributed by atoms with Gasteiger partial charge in [-0.2, -0.15) is 8.78 Å². The third-order valence-electron chi connectivity index (χ3n) is 1.46. The highest BCUT2D eigenvalue weighted by molar-refractivity contribution is 7.11. The van der Waals surface area contributed by atoms with Crippen LogP contribution in [0.3, 0.4) is 0 Å². The van der Waals surface area contributed by atoms with E-state index in [0.29, 0.717) is 16.3 Å². The number of alkyl halides is 2. The van der Waals surface area contributed by atoms with E-state index in [4.69, 9.17) is 5.11 Å². The number of carboxylic acid groups (broad SMARTS) is 1. The van der Waals surface area contributed by atoms with Crippen molar-refractivity contribution in [3.8, 4) is 0 Å². The minimum atomic E-state index is -3.82. The molecule has 0 atom stereocenters. The lowest BCUT2D eigenvalue weighted by molar-refractivity contribution is -0.165. The third-order valence-corrected chi connectivity index (χ3v) is 2.60. The van der Waals surface area contributed by atoms with Gasteiger partial charge in [-0.15, -0.1) is 11.3 Å². The maximum absolute atomic E-state index is 12.9. The normalized spacial score (nSPS) is 11.7. The summed E-state index contributed by atoms with van der Waals surface area (Å²) in [5, 5.41) is 8.70. The molecule has 0 radical (unpaired) electrons. The van der Waals surface area contributed by atoms with Crippen LogP contribution in [0.2, 0.25) is 0 Å². The van der Waals surface area contributed by atoms with Crippen LogP contribution >= 0.6 is 11.3 Å². The molecule has 0 aliphatic rings. The van der Waals surface area contributed by atoms with E-state index in [1.807, 2.05) is 0 Å². The van der Waals surface area contributed by atoms with Crippen molar-refractivity contribution < 1.29 is 18.7 Å². The smallest absolute Gasteiger partial charge is 0.380 e. The summed E-state index contributed by atoms with van der Waals surface area (Å²) in [5.74, 6) is -5.96. The van der Waals surface area contributed by atoms with Gasteiger partial charge in [-0.05, 0) is 13.8 Å². The highest BCUT2D eigenvalue weighted by Gasteiger charge is 2.44. The van der Waals surface area contributed by atoms with E-state index < -0.39 is 16.8 Å². The zero-order valence-electron chi connectivity index (χ0n) is 6.97. The van der Waals surface area contributed by atoms with Crippen LogP contribution in [0, 0.1) is 13.8 Å². The Kier molecular flexibility index (Phi) is 2.34. The van der Waals surface area contributed by atoms with E-state index in [-0.39, 0.29) is 5.69 Å². The molecule has 0 aliphatic heterocycles. The molecule has 72 valence electrons. The number of halogens is 2. The average molecular weight is 207 g/mol. The lowest BCUT2D eigenvalue weighted by Gasteiger charge is -2.08. The maximum atomic E-state index is 12.9. The van der Waals surface area contributed by atoms with Crippen molar-refractivity contribution >= 4 is 17.3 Å². The van der Waals surface area contributed by atoms with Gasteiger partial charge in [-0.3, -0.25) is 0 Å². The Balaban J connectivity index is 3.21. The van der Waals surface area contributed by atoms with Crippen LogP contribution in [0.4, 0.5) is 8.78 Å². The minimum absolute atomic E-state index is 0.0786. The molecule has 0 saturated heterocycles. The molecule has 3 nitrogen and oxygen atoms in total. The summed E-state index contributed by atoms with van der Waals surface area (Å²) in [7, 11) is 0. The summed E-state index contributed by atoms with van der Waals surface area (Å²) < 4.78 is 25.8. The first-order valence-corrected chi connectivity index (χ1v) is 4.23. The molecular weight excluding hydrogens is 200 g/mol. The van der Waals surface area contributed by atoms with Crippen molar-refractivity contribution in [1.29, 1.82) is 0 Å². The third kappa shape index (κ3) is 1.67. The monoisotopic (exact) mass is 207 g/mol. The average Bonchev–Trinajstić information content (AvgIpc) is 2.30. The molecule has 1 heterocycles. The van der Waals surface area contributed by atoms with Gasteiger partial charge in [0, 0.05) is 0 Å². The van der Waals surface area contributed by atoms with Crippen LogP contribution in [0.5, 0.6) is 0 Å². The van der Waals surface area contributed by atoms with E-state index in [1.54, 1.807) is 6.92 Å². The molecule has 1 rings (SSSR count). The first kappa shape index (κ1) is 10.0. The summed E-state index contributed by atoms with van der Waals surface area (Å²) in [6.07, 6.45) is 0. The zero-order chi connectivity index (χ0) is 10.2. The molecule has 6 heteroatoms. The van der Waals surface area contributed by atoms with E-state index in [9.17, 15) is 13.6 Å². The van der Waals surface area contributed by atoms with Gasteiger partial charge >= 0.3 is 11.9 Å². The fourth-order valence-corrected chi connectivity index (χ4v) is 1.81. The fraction of sp³-hybridized carbons (Fsp3) is 0.429. The molecule has 13 heavy (non-hydrogen) atoms. The molecule has 1 aromatic heterocycles. The predicted octanol–water partition coefficient (Wildman–Crippen LogP) is 1.94. The Labute approximate surface area is 77.0 Å². The SMILES string of the molecule is Cc1nc(C)c(C(F)(F)C(=O)O)s1. The number of hydrogen-bond donors (Lipinski definition) is 1. The lowest BCUT2D eigenvalue weighted by Crippen LogP contribution is -2.24. The standard InChI is InChI=1S/C7H7F2NO2S/c1-3-5(13-4(2)10-3)7(8,9)6(11)12/h1-2H3,(H,11,12). The number of carbonyl (C=O) groups is 1. The van der Waals surface area contributed by atoms with Gasteiger partial charge in [0.1, 0.15) is 4.88 Å². The minimum Gasteiger partial charge on any atom is -0.477 e. The Morgan fingerprint density at radius 3 is 2.38 bits per heavy atom.